The lowest BCUT2D eigenvalue weighted by molar-refractivity contribution is 0.669. The number of benzene rings is 9. The van der Waals surface area contributed by atoms with E-state index in [0.29, 0.717) is 17.6 Å². The highest BCUT2D eigenvalue weighted by Crippen LogP contribution is 2.44. The second-order valence-corrected chi connectivity index (χ2v) is 16.6. The molecule has 0 saturated carbocycles. The van der Waals surface area contributed by atoms with E-state index in [2.05, 4.69) is 162 Å². The maximum absolute atomic E-state index is 6.37. The van der Waals surface area contributed by atoms with E-state index >= 15 is 0 Å². The average Bonchev–Trinajstić information content (AvgIpc) is 4.01. The Balaban J connectivity index is 1.10. The first kappa shape index (κ1) is 34.0. The summed E-state index contributed by atoms with van der Waals surface area (Å²) in [5.41, 5.74) is 10.1. The van der Waals surface area contributed by atoms with Crippen LogP contribution in [0.15, 0.2) is 199 Å². The number of rotatable bonds is 5. The summed E-state index contributed by atoms with van der Waals surface area (Å²) in [7, 11) is 0. The molecular formula is C55H32N4OS. The van der Waals surface area contributed by atoms with E-state index < -0.39 is 0 Å². The Hall–Kier alpha value is -7.93. The molecule has 4 heterocycles. The first-order valence-corrected chi connectivity index (χ1v) is 21.2. The summed E-state index contributed by atoms with van der Waals surface area (Å²) in [4.78, 5) is 15.9. The molecule has 0 bridgehead atoms. The summed E-state index contributed by atoms with van der Waals surface area (Å²) in [5, 5.41) is 9.25. The summed E-state index contributed by atoms with van der Waals surface area (Å²) in [6.45, 7) is 0. The molecule has 61 heavy (non-hydrogen) atoms. The van der Waals surface area contributed by atoms with Crippen molar-refractivity contribution in [1.29, 1.82) is 0 Å². The molecule has 0 aliphatic rings. The van der Waals surface area contributed by atoms with Gasteiger partial charge in [-0.1, -0.05) is 158 Å². The molecule has 0 fully saturated rings. The van der Waals surface area contributed by atoms with Crippen LogP contribution in [0.5, 0.6) is 0 Å². The molecular weight excluding hydrogens is 765 g/mol. The van der Waals surface area contributed by atoms with Gasteiger partial charge in [-0.15, -0.1) is 11.3 Å². The van der Waals surface area contributed by atoms with Crippen molar-refractivity contribution in [3.8, 4) is 51.0 Å². The van der Waals surface area contributed by atoms with Crippen LogP contribution in [0.3, 0.4) is 0 Å². The monoisotopic (exact) mass is 796 g/mol. The lowest BCUT2D eigenvalue weighted by Crippen LogP contribution is -2.07. The number of nitrogens with zero attached hydrogens (tertiary/aromatic N) is 4. The van der Waals surface area contributed by atoms with Gasteiger partial charge in [-0.2, -0.15) is 9.97 Å². The molecule has 0 atom stereocenters. The van der Waals surface area contributed by atoms with Crippen LogP contribution in [0.1, 0.15) is 0 Å². The van der Waals surface area contributed by atoms with Crippen LogP contribution in [0.25, 0.3) is 126 Å². The van der Waals surface area contributed by atoms with Crippen LogP contribution < -0.4 is 0 Å². The van der Waals surface area contributed by atoms with Gasteiger partial charge in [-0.05, 0) is 58.5 Å². The van der Waals surface area contributed by atoms with E-state index in [1.807, 2.05) is 47.7 Å². The zero-order chi connectivity index (χ0) is 40.0. The maximum Gasteiger partial charge on any atom is 0.238 e. The van der Waals surface area contributed by atoms with Crippen LogP contribution in [0, 0.1) is 0 Å². The molecule has 0 unspecified atom stereocenters. The molecule has 6 heteroatoms. The summed E-state index contributed by atoms with van der Waals surface area (Å²) < 4.78 is 11.2. The lowest BCUT2D eigenvalue weighted by atomic mass is 9.95. The molecule has 0 spiro atoms. The molecule has 0 saturated heterocycles. The fraction of sp³-hybridized carbons (Fsp3) is 0. The van der Waals surface area contributed by atoms with Gasteiger partial charge in [-0.3, -0.25) is 4.57 Å². The lowest BCUT2D eigenvalue weighted by Gasteiger charge is -2.14. The fourth-order valence-corrected chi connectivity index (χ4v) is 10.4. The second-order valence-electron chi connectivity index (χ2n) is 15.5. The SMILES string of the molecule is c1ccc(-c2nc(-c3ccc4c(c3)oc3ccccc34)nc(-n3c4c(-c5cccc(-c6cccc7sc8ccccc8c67)c5)cccc4c4ccc5ccccc5c43)n2)cc1. The minimum absolute atomic E-state index is 0.544. The van der Waals surface area contributed by atoms with Crippen LogP contribution in [0.2, 0.25) is 0 Å². The quantitative estimate of drug-likeness (QED) is 0.174. The van der Waals surface area contributed by atoms with E-state index in [9.17, 15) is 0 Å². The normalized spacial score (nSPS) is 11.9. The van der Waals surface area contributed by atoms with Crippen molar-refractivity contribution < 1.29 is 4.42 Å². The van der Waals surface area contributed by atoms with Gasteiger partial charge < -0.3 is 4.42 Å². The highest BCUT2D eigenvalue weighted by molar-refractivity contribution is 7.25. The van der Waals surface area contributed by atoms with Crippen LogP contribution in [-0.2, 0) is 0 Å². The fourth-order valence-electron chi connectivity index (χ4n) is 9.30. The van der Waals surface area contributed by atoms with Crippen LogP contribution in [0.4, 0.5) is 0 Å². The van der Waals surface area contributed by atoms with E-state index in [1.54, 1.807) is 0 Å². The molecule has 4 aromatic heterocycles. The topological polar surface area (TPSA) is 56.7 Å². The van der Waals surface area contributed by atoms with Crippen molar-refractivity contribution in [2.75, 3.05) is 0 Å². The molecule has 0 radical (unpaired) electrons. The van der Waals surface area contributed by atoms with Crippen LogP contribution in [-0.4, -0.2) is 19.5 Å². The van der Waals surface area contributed by atoms with E-state index in [1.165, 1.54) is 31.3 Å². The Morgan fingerprint density at radius 1 is 0.377 bits per heavy atom. The number of hydrogen-bond acceptors (Lipinski definition) is 5. The van der Waals surface area contributed by atoms with Crippen molar-refractivity contribution >= 4 is 86.0 Å². The highest BCUT2D eigenvalue weighted by Gasteiger charge is 2.23. The van der Waals surface area contributed by atoms with Gasteiger partial charge in [0.1, 0.15) is 11.2 Å². The average molecular weight is 797 g/mol. The predicted molar refractivity (Wildman–Crippen MR) is 254 cm³/mol. The van der Waals surface area contributed by atoms with Crippen molar-refractivity contribution in [2.24, 2.45) is 0 Å². The summed E-state index contributed by atoms with van der Waals surface area (Å²) in [6.07, 6.45) is 0. The Kier molecular flexibility index (Phi) is 7.41. The number of aromatic nitrogens is 4. The third-order valence-corrected chi connectivity index (χ3v) is 13.2. The molecule has 5 nitrogen and oxygen atoms in total. The molecule has 9 aromatic carbocycles. The van der Waals surface area contributed by atoms with Gasteiger partial charge >= 0.3 is 0 Å². The predicted octanol–water partition coefficient (Wildman–Crippen LogP) is 15.1. The second kappa shape index (κ2) is 13.3. The standard InChI is InChI=1S/C55H32N4OS/c1-2-14-34(15-3-1)53-56-54(37-28-29-42-41-19-6-8-24-46(41)60-47(42)32-37)58-55(57-53)59-51-39-18-5-4-13-33(39)27-30-44(51)43-23-11-22-40(52(43)59)36-17-10-16-35(31-36)38-21-12-26-49-50(38)45-20-7-9-25-48(45)61-49/h1-32H. The van der Waals surface area contributed by atoms with Crippen molar-refractivity contribution in [2.45, 2.75) is 0 Å². The molecule has 0 amide bonds. The first-order chi connectivity index (χ1) is 30.2. The largest absolute Gasteiger partial charge is 0.456 e. The number of thiophene rings is 1. The zero-order valence-corrected chi connectivity index (χ0v) is 33.4. The third kappa shape index (κ3) is 5.29. The van der Waals surface area contributed by atoms with Gasteiger partial charge in [0.05, 0.1) is 11.0 Å². The molecule has 284 valence electrons. The smallest absolute Gasteiger partial charge is 0.238 e. The van der Waals surface area contributed by atoms with Crippen molar-refractivity contribution in [3.63, 3.8) is 0 Å². The number of hydrogen-bond donors (Lipinski definition) is 0. The number of fused-ring (bicyclic) bond motifs is 11. The molecule has 0 N–H and O–H groups in total. The first-order valence-electron chi connectivity index (χ1n) is 20.4. The van der Waals surface area contributed by atoms with Gasteiger partial charge in [0, 0.05) is 63.8 Å². The summed E-state index contributed by atoms with van der Waals surface area (Å²) in [6, 6.07) is 68.6. The Labute approximate surface area is 353 Å². The third-order valence-electron chi connectivity index (χ3n) is 12.1. The van der Waals surface area contributed by atoms with Gasteiger partial charge in [0.25, 0.3) is 0 Å². The van der Waals surface area contributed by atoms with Crippen molar-refractivity contribution in [1.82, 2.24) is 19.5 Å². The Bertz CT molecular complexity index is 3900. The molecule has 0 aliphatic heterocycles. The summed E-state index contributed by atoms with van der Waals surface area (Å²) in [5.74, 6) is 1.70. The van der Waals surface area contributed by atoms with E-state index in [0.717, 1.165) is 76.8 Å². The Morgan fingerprint density at radius 2 is 1.00 bits per heavy atom. The maximum atomic E-state index is 6.37. The van der Waals surface area contributed by atoms with Crippen LogP contribution >= 0.6 is 11.3 Å². The minimum Gasteiger partial charge on any atom is -0.456 e. The van der Waals surface area contributed by atoms with Gasteiger partial charge in [0.15, 0.2) is 11.6 Å². The minimum atomic E-state index is 0.544. The van der Waals surface area contributed by atoms with Gasteiger partial charge in [0.2, 0.25) is 5.95 Å². The molecule has 13 rings (SSSR count). The summed E-state index contributed by atoms with van der Waals surface area (Å²) >= 11 is 1.85. The van der Waals surface area contributed by atoms with E-state index in [4.69, 9.17) is 19.4 Å². The van der Waals surface area contributed by atoms with E-state index in [-0.39, 0.29) is 0 Å². The molecule has 13 aromatic rings. The van der Waals surface area contributed by atoms with Crippen molar-refractivity contribution in [3.05, 3.63) is 194 Å². The number of para-hydroxylation sites is 2. The zero-order valence-electron chi connectivity index (χ0n) is 32.6. The molecule has 0 aliphatic carbocycles. The van der Waals surface area contributed by atoms with Gasteiger partial charge in [-0.25, -0.2) is 4.98 Å². The Morgan fingerprint density at radius 3 is 1.90 bits per heavy atom. The highest BCUT2D eigenvalue weighted by atomic mass is 32.1. The number of furan rings is 1.